The molecule has 0 bridgehead atoms. The molecule has 0 aromatic heterocycles. The first-order valence-electron chi connectivity index (χ1n) is 7.32. The van der Waals surface area contributed by atoms with E-state index in [1.807, 2.05) is 36.4 Å². The maximum absolute atomic E-state index is 10.3. The fourth-order valence-electron chi connectivity index (χ4n) is 2.46. The summed E-state index contributed by atoms with van der Waals surface area (Å²) in [7, 11) is 0. The summed E-state index contributed by atoms with van der Waals surface area (Å²) in [5.41, 5.74) is 0. The predicted molar refractivity (Wildman–Crippen MR) is 93.1 cm³/mol. The smallest absolute Gasteiger partial charge is 0.178 e. The number of hydrogen-bond acceptors (Lipinski definition) is 4. The zero-order chi connectivity index (χ0) is 17.1. The number of hydrogen-bond donors (Lipinski definition) is 2. The van der Waals surface area contributed by atoms with E-state index in [9.17, 15) is 19.8 Å². The second kappa shape index (κ2) is 6.38. The van der Waals surface area contributed by atoms with Gasteiger partial charge >= 0.3 is 0 Å². The fraction of sp³-hybridized carbons (Fsp3) is 0. The minimum atomic E-state index is -0.121. The van der Waals surface area contributed by atoms with Gasteiger partial charge in [-0.25, -0.2) is 0 Å². The van der Waals surface area contributed by atoms with Crippen LogP contribution in [0.3, 0.4) is 0 Å². The Balaban J connectivity index is 0.000000179. The first-order chi connectivity index (χ1) is 11.5. The van der Waals surface area contributed by atoms with Crippen LogP contribution in [0.5, 0.6) is 11.5 Å². The van der Waals surface area contributed by atoms with E-state index in [0.29, 0.717) is 0 Å². The Bertz CT molecular complexity index is 918. The molecule has 0 heterocycles. The zero-order valence-corrected chi connectivity index (χ0v) is 12.6. The summed E-state index contributed by atoms with van der Waals surface area (Å²) in [5, 5.41) is 22.9. The fourth-order valence-corrected chi connectivity index (χ4v) is 2.46. The van der Waals surface area contributed by atoms with Crippen molar-refractivity contribution in [2.45, 2.75) is 0 Å². The number of benzene rings is 3. The van der Waals surface area contributed by atoms with E-state index in [0.717, 1.165) is 21.5 Å². The van der Waals surface area contributed by atoms with Crippen molar-refractivity contribution in [1.29, 1.82) is 0 Å². The van der Waals surface area contributed by atoms with E-state index in [-0.39, 0.29) is 23.1 Å². The Morgan fingerprint density at radius 1 is 0.583 bits per heavy atom. The number of aromatic hydroxyl groups is 2. The molecule has 3 aromatic carbocycles. The van der Waals surface area contributed by atoms with Crippen LogP contribution in [0.2, 0.25) is 0 Å². The number of allylic oxidation sites excluding steroid dienone is 4. The molecule has 0 spiro atoms. The SMILES string of the molecule is O=C1C=CC(=O)C=C1.Oc1cccc2cc3cccc(O)c3cc12. The van der Waals surface area contributed by atoms with Crippen molar-refractivity contribution < 1.29 is 19.8 Å². The summed E-state index contributed by atoms with van der Waals surface area (Å²) in [6.07, 6.45) is 5.01. The van der Waals surface area contributed by atoms with E-state index >= 15 is 0 Å². The number of carbonyl (C=O) groups excluding carboxylic acids is 2. The molecule has 0 radical (unpaired) electrons. The normalized spacial score (nSPS) is 13.2. The van der Waals surface area contributed by atoms with Crippen molar-refractivity contribution in [3.8, 4) is 11.5 Å². The molecule has 1 aliphatic rings. The lowest BCUT2D eigenvalue weighted by Crippen LogP contribution is -1.97. The average molecular weight is 318 g/mol. The van der Waals surface area contributed by atoms with Gasteiger partial charge in [0.05, 0.1) is 0 Å². The molecule has 1 aliphatic carbocycles. The highest BCUT2D eigenvalue weighted by Gasteiger charge is 2.04. The third kappa shape index (κ3) is 3.17. The second-order valence-electron chi connectivity index (χ2n) is 5.32. The molecule has 0 aliphatic heterocycles. The van der Waals surface area contributed by atoms with Gasteiger partial charge in [0.1, 0.15) is 11.5 Å². The maximum Gasteiger partial charge on any atom is 0.178 e. The molecular formula is C20H14O4. The summed E-state index contributed by atoms with van der Waals surface area (Å²) >= 11 is 0. The Labute approximate surface area is 138 Å². The molecule has 0 saturated carbocycles. The lowest BCUT2D eigenvalue weighted by Gasteiger charge is -2.05. The van der Waals surface area contributed by atoms with Gasteiger partial charge in [0.25, 0.3) is 0 Å². The van der Waals surface area contributed by atoms with Gasteiger partial charge in [0, 0.05) is 10.8 Å². The molecule has 4 rings (SSSR count). The highest BCUT2D eigenvalue weighted by molar-refractivity contribution is 6.14. The van der Waals surface area contributed by atoms with Crippen LogP contribution in [0.4, 0.5) is 0 Å². The van der Waals surface area contributed by atoms with Gasteiger partial charge < -0.3 is 10.2 Å². The van der Waals surface area contributed by atoms with E-state index in [4.69, 9.17) is 0 Å². The van der Waals surface area contributed by atoms with Crippen molar-refractivity contribution in [3.63, 3.8) is 0 Å². The summed E-state index contributed by atoms with van der Waals surface area (Å²) in [6, 6.07) is 14.6. The molecular weight excluding hydrogens is 304 g/mol. The minimum absolute atomic E-state index is 0.121. The Morgan fingerprint density at radius 2 is 1.00 bits per heavy atom. The van der Waals surface area contributed by atoms with Gasteiger partial charge in [0.15, 0.2) is 11.6 Å². The molecule has 0 fully saturated rings. The monoisotopic (exact) mass is 318 g/mol. The number of fused-ring (bicyclic) bond motifs is 2. The van der Waals surface area contributed by atoms with Crippen LogP contribution in [0.15, 0.2) is 72.8 Å². The number of ketones is 2. The van der Waals surface area contributed by atoms with E-state index in [2.05, 4.69) is 0 Å². The van der Waals surface area contributed by atoms with Gasteiger partial charge in [-0.2, -0.15) is 0 Å². The third-order valence-corrected chi connectivity index (χ3v) is 3.66. The van der Waals surface area contributed by atoms with Crippen molar-refractivity contribution >= 4 is 33.1 Å². The topological polar surface area (TPSA) is 74.6 Å². The van der Waals surface area contributed by atoms with E-state index in [1.54, 1.807) is 12.1 Å². The van der Waals surface area contributed by atoms with Gasteiger partial charge in [0.2, 0.25) is 0 Å². The number of carbonyl (C=O) groups is 2. The van der Waals surface area contributed by atoms with Crippen LogP contribution in [0.1, 0.15) is 0 Å². The van der Waals surface area contributed by atoms with Gasteiger partial charge in [-0.3, -0.25) is 9.59 Å². The quantitative estimate of drug-likeness (QED) is 0.490. The van der Waals surface area contributed by atoms with Gasteiger partial charge in [-0.1, -0.05) is 24.3 Å². The van der Waals surface area contributed by atoms with Crippen molar-refractivity contribution in [1.82, 2.24) is 0 Å². The largest absolute Gasteiger partial charge is 0.507 e. The molecule has 0 saturated heterocycles. The van der Waals surface area contributed by atoms with Crippen LogP contribution < -0.4 is 0 Å². The van der Waals surface area contributed by atoms with Gasteiger partial charge in [-0.05, 0) is 59.3 Å². The third-order valence-electron chi connectivity index (χ3n) is 3.66. The molecule has 0 unspecified atom stereocenters. The molecule has 4 heteroatoms. The average Bonchev–Trinajstić information content (AvgIpc) is 2.58. The first kappa shape index (κ1) is 15.5. The number of rotatable bonds is 0. The molecule has 0 atom stereocenters. The maximum atomic E-state index is 10.3. The number of phenolic OH excluding ortho intramolecular Hbond substituents is 2. The summed E-state index contributed by atoms with van der Waals surface area (Å²) < 4.78 is 0. The molecule has 24 heavy (non-hydrogen) atoms. The highest BCUT2D eigenvalue weighted by atomic mass is 16.3. The van der Waals surface area contributed by atoms with Crippen molar-refractivity contribution in [2.24, 2.45) is 0 Å². The molecule has 3 aromatic rings. The molecule has 2 N–H and O–H groups in total. The minimum Gasteiger partial charge on any atom is -0.507 e. The zero-order valence-electron chi connectivity index (χ0n) is 12.6. The first-order valence-corrected chi connectivity index (χ1v) is 7.32. The van der Waals surface area contributed by atoms with E-state index in [1.165, 1.54) is 24.3 Å². The Kier molecular flexibility index (Phi) is 4.12. The highest BCUT2D eigenvalue weighted by Crippen LogP contribution is 2.32. The summed E-state index contributed by atoms with van der Waals surface area (Å²) in [6.45, 7) is 0. The lowest BCUT2D eigenvalue weighted by atomic mass is 10.0. The van der Waals surface area contributed by atoms with Crippen LogP contribution in [0.25, 0.3) is 21.5 Å². The van der Waals surface area contributed by atoms with Crippen LogP contribution in [0, 0.1) is 0 Å². The Hall–Kier alpha value is -3.40. The van der Waals surface area contributed by atoms with E-state index < -0.39 is 0 Å². The van der Waals surface area contributed by atoms with Crippen molar-refractivity contribution in [3.05, 3.63) is 72.8 Å². The van der Waals surface area contributed by atoms with Gasteiger partial charge in [-0.15, -0.1) is 0 Å². The second-order valence-corrected chi connectivity index (χ2v) is 5.32. The molecule has 4 nitrogen and oxygen atoms in total. The Morgan fingerprint density at radius 3 is 1.42 bits per heavy atom. The number of phenols is 2. The van der Waals surface area contributed by atoms with Crippen LogP contribution in [-0.4, -0.2) is 21.8 Å². The molecule has 0 amide bonds. The van der Waals surface area contributed by atoms with Crippen molar-refractivity contribution in [2.75, 3.05) is 0 Å². The molecule has 118 valence electrons. The van der Waals surface area contributed by atoms with Crippen LogP contribution >= 0.6 is 0 Å². The van der Waals surface area contributed by atoms with Crippen LogP contribution in [-0.2, 0) is 9.59 Å². The predicted octanol–water partition coefficient (Wildman–Crippen LogP) is 3.65. The standard InChI is InChI=1S/C14H10O2.C6H4O2/c15-13-5-1-3-9-7-10-4-2-6-14(16)12(10)8-11(9)13;7-5-1-2-6(8)4-3-5/h1-8,15-16H;1-4H. The lowest BCUT2D eigenvalue weighted by molar-refractivity contribution is -0.113. The summed E-state index contributed by atoms with van der Waals surface area (Å²) in [4.78, 5) is 20.6. The summed E-state index contributed by atoms with van der Waals surface area (Å²) in [5.74, 6) is 0.236.